The first kappa shape index (κ1) is 14.5. The lowest BCUT2D eigenvalue weighted by atomic mass is 10.2. The van der Waals surface area contributed by atoms with E-state index in [1.807, 2.05) is 0 Å². The topological polar surface area (TPSA) is 46.5 Å². The van der Waals surface area contributed by atoms with E-state index in [0.29, 0.717) is 10.0 Å². The summed E-state index contributed by atoms with van der Waals surface area (Å²) in [5, 5.41) is 8.70. The minimum Gasteiger partial charge on any atom is -0.489 e. The first-order valence-electron chi connectivity index (χ1n) is 5.56. The van der Waals surface area contributed by atoms with Gasteiger partial charge in [-0.15, -0.1) is 0 Å². The van der Waals surface area contributed by atoms with E-state index in [1.54, 1.807) is 6.07 Å². The zero-order chi connectivity index (χ0) is 14.7. The number of hydrogen-bond acceptors (Lipinski definition) is 2. The van der Waals surface area contributed by atoms with Crippen LogP contribution in [0.25, 0.3) is 0 Å². The molecule has 0 bridgehead atoms. The van der Waals surface area contributed by atoms with Gasteiger partial charge in [-0.1, -0.05) is 15.9 Å². The molecule has 0 heterocycles. The van der Waals surface area contributed by atoms with E-state index in [4.69, 9.17) is 9.84 Å². The molecule has 0 aliphatic heterocycles. The minimum absolute atomic E-state index is 0.0439. The molecule has 0 fully saturated rings. The normalized spacial score (nSPS) is 10.3. The van der Waals surface area contributed by atoms with Crippen LogP contribution >= 0.6 is 15.9 Å². The van der Waals surface area contributed by atoms with Gasteiger partial charge in [-0.05, 0) is 35.9 Å². The summed E-state index contributed by atoms with van der Waals surface area (Å²) in [6, 6.07) is 7.73. The van der Waals surface area contributed by atoms with Gasteiger partial charge in [0.1, 0.15) is 24.0 Å². The Bertz CT molecular complexity index is 639. The van der Waals surface area contributed by atoms with Crippen molar-refractivity contribution in [3.8, 4) is 5.75 Å². The van der Waals surface area contributed by atoms with Crippen LogP contribution in [-0.2, 0) is 6.61 Å². The number of carboxylic acids is 1. The number of hydrogen-bond donors (Lipinski definition) is 1. The van der Waals surface area contributed by atoms with E-state index < -0.39 is 23.2 Å². The molecule has 0 saturated heterocycles. The third-order valence-electron chi connectivity index (χ3n) is 2.50. The lowest BCUT2D eigenvalue weighted by molar-refractivity contribution is 0.0692. The molecule has 2 aromatic carbocycles. The molecule has 0 radical (unpaired) electrons. The fourth-order valence-electron chi connectivity index (χ4n) is 1.62. The third kappa shape index (κ3) is 3.54. The van der Waals surface area contributed by atoms with Crippen LogP contribution < -0.4 is 4.74 Å². The number of rotatable bonds is 4. The fraction of sp³-hybridized carbons (Fsp3) is 0.0714. The molecule has 104 valence electrons. The summed E-state index contributed by atoms with van der Waals surface area (Å²) < 4.78 is 32.4. The molecule has 0 aromatic heterocycles. The Morgan fingerprint density at radius 1 is 1.20 bits per heavy atom. The number of carbonyl (C=O) groups is 1. The minimum atomic E-state index is -1.34. The quantitative estimate of drug-likeness (QED) is 0.913. The van der Waals surface area contributed by atoms with Gasteiger partial charge in [0.25, 0.3) is 0 Å². The second-order valence-electron chi connectivity index (χ2n) is 4.01. The van der Waals surface area contributed by atoms with Crippen molar-refractivity contribution in [3.63, 3.8) is 0 Å². The summed E-state index contributed by atoms with van der Waals surface area (Å²) in [5.41, 5.74) is 0.144. The van der Waals surface area contributed by atoms with Crippen molar-refractivity contribution in [1.29, 1.82) is 0 Å². The van der Waals surface area contributed by atoms with Crippen molar-refractivity contribution < 1.29 is 23.4 Å². The second kappa shape index (κ2) is 6.00. The Morgan fingerprint density at radius 3 is 2.55 bits per heavy atom. The molecule has 2 aromatic rings. The van der Waals surface area contributed by atoms with Crippen LogP contribution in [0.5, 0.6) is 5.75 Å². The number of benzene rings is 2. The number of ether oxygens (including phenoxy) is 1. The van der Waals surface area contributed by atoms with Crippen molar-refractivity contribution >= 4 is 21.9 Å². The molecule has 20 heavy (non-hydrogen) atoms. The van der Waals surface area contributed by atoms with Gasteiger partial charge in [0, 0.05) is 10.5 Å². The second-order valence-corrected chi connectivity index (χ2v) is 4.93. The molecular weight excluding hydrogens is 334 g/mol. The van der Waals surface area contributed by atoms with Gasteiger partial charge < -0.3 is 9.84 Å². The highest BCUT2D eigenvalue weighted by molar-refractivity contribution is 9.10. The van der Waals surface area contributed by atoms with Crippen molar-refractivity contribution in [2.45, 2.75) is 6.61 Å². The summed E-state index contributed by atoms with van der Waals surface area (Å²) in [7, 11) is 0. The molecule has 0 spiro atoms. The molecule has 3 nitrogen and oxygen atoms in total. The molecule has 0 atom stereocenters. The Labute approximate surface area is 121 Å². The maximum atomic E-state index is 13.4. The van der Waals surface area contributed by atoms with E-state index >= 15 is 0 Å². The summed E-state index contributed by atoms with van der Waals surface area (Å²) >= 11 is 3.16. The monoisotopic (exact) mass is 342 g/mol. The van der Waals surface area contributed by atoms with Gasteiger partial charge in [0.2, 0.25) is 0 Å². The summed E-state index contributed by atoms with van der Waals surface area (Å²) in [4.78, 5) is 10.7. The highest BCUT2D eigenvalue weighted by atomic mass is 79.9. The summed E-state index contributed by atoms with van der Waals surface area (Å²) in [6.45, 7) is 0.0439. The SMILES string of the molecule is O=C(O)c1ccc(OCc2cc(F)cc(Br)c2)cc1F. The number of carboxylic acid groups (broad SMARTS) is 1. The number of halogens is 3. The van der Waals surface area contributed by atoms with Crippen LogP contribution in [0.3, 0.4) is 0 Å². The highest BCUT2D eigenvalue weighted by Gasteiger charge is 2.11. The molecule has 6 heteroatoms. The maximum absolute atomic E-state index is 13.4. The van der Waals surface area contributed by atoms with Crippen molar-refractivity contribution in [2.75, 3.05) is 0 Å². The Morgan fingerprint density at radius 2 is 1.95 bits per heavy atom. The molecule has 0 saturated carbocycles. The smallest absolute Gasteiger partial charge is 0.338 e. The predicted octanol–water partition coefficient (Wildman–Crippen LogP) is 4.00. The Balaban J connectivity index is 2.11. The van der Waals surface area contributed by atoms with Gasteiger partial charge >= 0.3 is 5.97 Å². The van der Waals surface area contributed by atoms with Crippen LogP contribution in [0.4, 0.5) is 8.78 Å². The average Bonchev–Trinajstić information content (AvgIpc) is 2.35. The highest BCUT2D eigenvalue weighted by Crippen LogP contribution is 2.20. The van der Waals surface area contributed by atoms with Gasteiger partial charge in [0.05, 0.1) is 5.56 Å². The van der Waals surface area contributed by atoms with Crippen LogP contribution in [-0.4, -0.2) is 11.1 Å². The first-order valence-corrected chi connectivity index (χ1v) is 6.35. The Kier molecular flexibility index (Phi) is 4.34. The fourth-order valence-corrected chi connectivity index (χ4v) is 2.13. The first-order chi connectivity index (χ1) is 9.45. The molecule has 0 amide bonds. The van der Waals surface area contributed by atoms with E-state index in [0.717, 1.165) is 12.1 Å². The van der Waals surface area contributed by atoms with Gasteiger partial charge in [0.15, 0.2) is 0 Å². The summed E-state index contributed by atoms with van der Waals surface area (Å²) in [6.07, 6.45) is 0. The van der Waals surface area contributed by atoms with E-state index in [2.05, 4.69) is 15.9 Å². The third-order valence-corrected chi connectivity index (χ3v) is 2.96. The average molecular weight is 343 g/mol. The zero-order valence-electron chi connectivity index (χ0n) is 10.1. The summed E-state index contributed by atoms with van der Waals surface area (Å²) in [5.74, 6) is -2.46. The molecule has 0 aliphatic rings. The lowest BCUT2D eigenvalue weighted by Gasteiger charge is -2.08. The van der Waals surface area contributed by atoms with E-state index in [9.17, 15) is 13.6 Å². The van der Waals surface area contributed by atoms with E-state index in [1.165, 1.54) is 18.2 Å². The van der Waals surface area contributed by atoms with Crippen LogP contribution in [0.15, 0.2) is 40.9 Å². The molecule has 0 unspecified atom stereocenters. The largest absolute Gasteiger partial charge is 0.489 e. The van der Waals surface area contributed by atoms with Crippen LogP contribution in [0.2, 0.25) is 0 Å². The molecule has 0 aliphatic carbocycles. The number of aromatic carboxylic acids is 1. The standard InChI is InChI=1S/C14H9BrF2O3/c15-9-3-8(4-10(16)5-9)7-20-11-1-2-12(14(18)19)13(17)6-11/h1-6H,7H2,(H,18,19). The maximum Gasteiger partial charge on any atom is 0.338 e. The predicted molar refractivity (Wildman–Crippen MR) is 71.8 cm³/mol. The van der Waals surface area contributed by atoms with Gasteiger partial charge in [-0.25, -0.2) is 13.6 Å². The van der Waals surface area contributed by atoms with Crippen molar-refractivity contribution in [2.24, 2.45) is 0 Å². The van der Waals surface area contributed by atoms with E-state index in [-0.39, 0.29) is 12.4 Å². The van der Waals surface area contributed by atoms with Crippen molar-refractivity contribution in [3.05, 3.63) is 63.6 Å². The Hall–Kier alpha value is -1.95. The van der Waals surface area contributed by atoms with Crippen molar-refractivity contribution in [1.82, 2.24) is 0 Å². The molecular formula is C14H9BrF2O3. The molecule has 1 N–H and O–H groups in total. The lowest BCUT2D eigenvalue weighted by Crippen LogP contribution is -2.02. The molecule has 2 rings (SSSR count). The van der Waals surface area contributed by atoms with Gasteiger partial charge in [-0.2, -0.15) is 0 Å². The van der Waals surface area contributed by atoms with Gasteiger partial charge in [-0.3, -0.25) is 0 Å². The van der Waals surface area contributed by atoms with Crippen LogP contribution in [0, 0.1) is 11.6 Å². The van der Waals surface area contributed by atoms with Crippen LogP contribution in [0.1, 0.15) is 15.9 Å². The zero-order valence-corrected chi connectivity index (χ0v) is 11.7.